The molecule has 2 unspecified atom stereocenters. The molecule has 0 aliphatic carbocycles. The van der Waals surface area contributed by atoms with Crippen LogP contribution in [0.3, 0.4) is 0 Å². The number of halogens is 2. The monoisotopic (exact) mass is 568 g/mol. The summed E-state index contributed by atoms with van der Waals surface area (Å²) in [4.78, 5) is 12.0. The maximum Gasteiger partial charge on any atom is 0.248 e. The quantitative estimate of drug-likeness (QED) is 0.220. The smallest absolute Gasteiger partial charge is 0.248 e. The molecule has 3 rings (SSSR count). The lowest BCUT2D eigenvalue weighted by molar-refractivity contribution is -0.115. The summed E-state index contributed by atoms with van der Waals surface area (Å²) < 4.78 is 31.5. The van der Waals surface area contributed by atoms with Gasteiger partial charge in [0, 0.05) is 37.3 Å². The van der Waals surface area contributed by atoms with E-state index in [0.717, 1.165) is 25.0 Å². The fourth-order valence-electron chi connectivity index (χ4n) is 4.24. The van der Waals surface area contributed by atoms with Crippen molar-refractivity contribution in [2.75, 3.05) is 23.4 Å². The van der Waals surface area contributed by atoms with Crippen LogP contribution in [0.15, 0.2) is 60.2 Å². The lowest BCUT2D eigenvalue weighted by Crippen LogP contribution is -2.42. The average molecular weight is 569 g/mol. The number of nitrogens with zero attached hydrogens (tertiary/aromatic N) is 3. The predicted molar refractivity (Wildman–Crippen MR) is 165 cm³/mol. The van der Waals surface area contributed by atoms with Crippen LogP contribution >= 0.6 is 0 Å². The second kappa shape index (κ2) is 18.6. The Morgan fingerprint density at radius 1 is 1.15 bits per heavy atom. The molecular weight excluding hydrogens is 522 g/mol. The highest BCUT2D eigenvalue weighted by Crippen LogP contribution is 2.29. The molecule has 2 atom stereocenters. The topological polar surface area (TPSA) is 67.3 Å². The molecule has 0 amide bonds. The van der Waals surface area contributed by atoms with E-state index in [1.165, 1.54) is 50.4 Å². The summed E-state index contributed by atoms with van der Waals surface area (Å²) >= 11 is 0. The highest BCUT2D eigenvalue weighted by atomic mass is 19.3. The van der Waals surface area contributed by atoms with E-state index in [0.29, 0.717) is 24.3 Å². The normalized spacial score (nSPS) is 17.1. The van der Waals surface area contributed by atoms with Crippen LogP contribution in [-0.2, 0) is 11.3 Å². The maximum absolute atomic E-state index is 12.9. The maximum atomic E-state index is 12.9. The van der Waals surface area contributed by atoms with Crippen LogP contribution in [0.1, 0.15) is 72.8 Å². The van der Waals surface area contributed by atoms with Gasteiger partial charge in [0.2, 0.25) is 11.8 Å². The fourth-order valence-corrected chi connectivity index (χ4v) is 4.24. The number of carbonyl (C=O) groups is 1. The number of ketones is 1. The lowest BCUT2D eigenvalue weighted by atomic mass is 9.92. The third kappa shape index (κ3) is 14.5. The van der Waals surface area contributed by atoms with Crippen LogP contribution < -0.4 is 15.0 Å². The van der Waals surface area contributed by atoms with Gasteiger partial charge in [0.25, 0.3) is 0 Å². The standard InChI is InChI=1S/C28H38F2N4O.C3H6O.C2H2/c1-5-22(8-7-17-28(4,29)30)20-35-27-16-15-26(32-33-27)31-18-23-10-13-25(14-11-23)34-19-21(3)9-12-24(34)6-2;1-3(2)4;1-2/h5,7-8,10-11,13-16,21,24H,6,9,12,17-20H2,1-4H3,(H,31,32);1-2H3;1-2H/b8-7-,22-5+;;. The number of aromatic nitrogens is 2. The lowest BCUT2D eigenvalue weighted by Gasteiger charge is -2.40. The van der Waals surface area contributed by atoms with Crippen LogP contribution in [-0.4, -0.2) is 41.1 Å². The van der Waals surface area contributed by atoms with Crippen LogP contribution in [0.25, 0.3) is 0 Å². The Labute approximate surface area is 245 Å². The first-order chi connectivity index (χ1) is 19.5. The van der Waals surface area contributed by atoms with Crippen molar-refractivity contribution in [3.63, 3.8) is 0 Å². The molecule has 6 nitrogen and oxygen atoms in total. The molecule has 0 radical (unpaired) electrons. The minimum absolute atomic E-state index is 0.167. The first-order valence-electron chi connectivity index (χ1n) is 14.1. The van der Waals surface area contributed by atoms with Crippen molar-refractivity contribution in [3.05, 3.63) is 65.8 Å². The Morgan fingerprint density at radius 2 is 1.80 bits per heavy atom. The number of piperidine rings is 1. The Bertz CT molecular complexity index is 1100. The molecule has 1 aliphatic rings. The minimum atomic E-state index is -2.71. The Balaban J connectivity index is 0.00000129. The summed E-state index contributed by atoms with van der Waals surface area (Å²) in [5, 5.41) is 11.6. The molecule has 41 heavy (non-hydrogen) atoms. The predicted octanol–water partition coefficient (Wildman–Crippen LogP) is 7.87. The van der Waals surface area contributed by atoms with Crippen molar-refractivity contribution in [1.82, 2.24) is 10.2 Å². The second-order valence-electron chi connectivity index (χ2n) is 10.4. The Morgan fingerprint density at radius 3 is 2.34 bits per heavy atom. The molecule has 0 saturated carbocycles. The van der Waals surface area contributed by atoms with Crippen molar-refractivity contribution in [3.8, 4) is 18.7 Å². The van der Waals surface area contributed by atoms with Crippen molar-refractivity contribution >= 4 is 17.3 Å². The highest BCUT2D eigenvalue weighted by molar-refractivity contribution is 5.72. The van der Waals surface area contributed by atoms with Gasteiger partial charge in [-0.25, -0.2) is 8.78 Å². The van der Waals surface area contributed by atoms with E-state index in [1.54, 1.807) is 12.1 Å². The summed E-state index contributed by atoms with van der Waals surface area (Å²) in [5.41, 5.74) is 3.27. The number of terminal acetylenes is 1. The molecule has 8 heteroatoms. The van der Waals surface area contributed by atoms with E-state index in [9.17, 15) is 13.6 Å². The van der Waals surface area contributed by atoms with Gasteiger partial charge in [0.1, 0.15) is 18.2 Å². The van der Waals surface area contributed by atoms with Gasteiger partial charge >= 0.3 is 0 Å². The summed E-state index contributed by atoms with van der Waals surface area (Å²) in [6.07, 6.45) is 16.4. The highest BCUT2D eigenvalue weighted by Gasteiger charge is 2.25. The van der Waals surface area contributed by atoms with Crippen LogP contribution in [0.2, 0.25) is 0 Å². The largest absolute Gasteiger partial charge is 0.472 e. The molecule has 1 saturated heterocycles. The molecule has 1 aliphatic heterocycles. The van der Waals surface area contributed by atoms with Gasteiger partial charge in [-0.1, -0.05) is 44.2 Å². The number of benzene rings is 1. The number of anilines is 2. The van der Waals surface area contributed by atoms with Crippen LogP contribution in [0.4, 0.5) is 20.3 Å². The summed E-state index contributed by atoms with van der Waals surface area (Å²) in [7, 11) is 0. The average Bonchev–Trinajstić information content (AvgIpc) is 2.95. The molecule has 1 N–H and O–H groups in total. The number of alkyl halides is 2. The number of nitrogens with one attached hydrogen (secondary N) is 1. The zero-order chi connectivity index (χ0) is 30.8. The number of Topliss-reactive ketones (excluding diaryl/α,β-unsaturated/α-hetero) is 1. The van der Waals surface area contributed by atoms with E-state index in [4.69, 9.17) is 4.74 Å². The molecule has 2 heterocycles. The van der Waals surface area contributed by atoms with Crippen LogP contribution in [0.5, 0.6) is 5.88 Å². The van der Waals surface area contributed by atoms with Gasteiger partial charge in [-0.15, -0.1) is 23.0 Å². The molecule has 0 spiro atoms. The molecule has 1 aromatic carbocycles. The van der Waals surface area contributed by atoms with E-state index < -0.39 is 5.92 Å². The fraction of sp³-hybridized carbons (Fsp3) is 0.485. The van der Waals surface area contributed by atoms with Crippen molar-refractivity contribution in [2.45, 2.75) is 85.7 Å². The molecule has 1 fully saturated rings. The van der Waals surface area contributed by atoms with Gasteiger partial charge in [0.05, 0.1) is 0 Å². The zero-order valence-electron chi connectivity index (χ0n) is 25.4. The van der Waals surface area contributed by atoms with E-state index in [2.05, 4.69) is 71.4 Å². The van der Waals surface area contributed by atoms with Gasteiger partial charge in [-0.05, 0) is 82.2 Å². The third-order valence-electron chi connectivity index (χ3n) is 6.36. The van der Waals surface area contributed by atoms with E-state index in [-0.39, 0.29) is 18.8 Å². The van der Waals surface area contributed by atoms with E-state index in [1.807, 2.05) is 19.1 Å². The number of carbonyl (C=O) groups excluding carboxylic acids is 1. The van der Waals surface area contributed by atoms with E-state index >= 15 is 0 Å². The van der Waals surface area contributed by atoms with Gasteiger partial charge in [-0.2, -0.15) is 0 Å². The van der Waals surface area contributed by atoms with Crippen LogP contribution in [0, 0.1) is 18.8 Å². The molecule has 2 aromatic rings. The number of hydrogen-bond donors (Lipinski definition) is 1. The van der Waals surface area contributed by atoms with Gasteiger partial charge in [0.15, 0.2) is 0 Å². The number of ether oxygens (including phenoxy) is 1. The SMILES string of the molecule is C#C.C/C=C(\C=C/CC(C)(F)F)COc1ccc(NCc2ccc(N3CC(C)CCC3CC)cc2)nn1.CC(C)=O. The first-order valence-corrected chi connectivity index (χ1v) is 14.1. The molecule has 0 bridgehead atoms. The summed E-state index contributed by atoms with van der Waals surface area (Å²) in [5.74, 6) is -0.764. The Kier molecular flexibility index (Phi) is 16.0. The molecule has 224 valence electrons. The number of hydrogen-bond acceptors (Lipinski definition) is 6. The van der Waals surface area contributed by atoms with Gasteiger partial charge in [-0.3, -0.25) is 0 Å². The van der Waals surface area contributed by atoms with Gasteiger partial charge < -0.3 is 19.7 Å². The third-order valence-corrected chi connectivity index (χ3v) is 6.36. The minimum Gasteiger partial charge on any atom is -0.472 e. The number of rotatable bonds is 11. The summed E-state index contributed by atoms with van der Waals surface area (Å²) in [6, 6.07) is 13.0. The van der Waals surface area contributed by atoms with Crippen molar-refractivity contribution in [1.29, 1.82) is 0 Å². The molecule has 1 aromatic heterocycles. The summed E-state index contributed by atoms with van der Waals surface area (Å²) in [6.45, 7) is 12.4. The number of allylic oxidation sites excluding steroid dienone is 2. The first kappa shape index (κ1) is 35.3. The molecular formula is C33H46F2N4O2. The second-order valence-corrected chi connectivity index (χ2v) is 10.4. The van der Waals surface area contributed by atoms with Crippen molar-refractivity contribution < 1.29 is 18.3 Å². The zero-order valence-corrected chi connectivity index (χ0v) is 25.4. The Hall–Kier alpha value is -3.73. The van der Waals surface area contributed by atoms with Crippen molar-refractivity contribution in [2.24, 2.45) is 5.92 Å².